The molecule has 0 radical (unpaired) electrons. The predicted molar refractivity (Wildman–Crippen MR) is 278 cm³/mol. The minimum absolute atomic E-state index is 0.0615. The molecule has 0 saturated heterocycles. The quantitative estimate of drug-likeness (QED) is 0.0321. The fraction of sp³-hybridized carbons (Fsp3) is 0.793. The van der Waals surface area contributed by atoms with Crippen LogP contribution in [0.3, 0.4) is 0 Å². The Morgan fingerprint density at radius 1 is 0.469 bits per heavy atom. The lowest BCUT2D eigenvalue weighted by molar-refractivity contribution is -0.151. The Morgan fingerprint density at radius 2 is 0.844 bits per heavy atom. The molecule has 0 saturated carbocycles. The van der Waals surface area contributed by atoms with Gasteiger partial charge in [0.15, 0.2) is 0 Å². The van der Waals surface area contributed by atoms with Crippen LogP contribution in [0.25, 0.3) is 0 Å². The van der Waals surface area contributed by atoms with E-state index in [1.807, 2.05) is 36.5 Å². The van der Waals surface area contributed by atoms with Crippen LogP contribution in [0.1, 0.15) is 271 Å². The maximum absolute atomic E-state index is 13.2. The summed E-state index contributed by atoms with van der Waals surface area (Å²) >= 11 is 0. The van der Waals surface area contributed by atoms with Crippen molar-refractivity contribution in [1.29, 1.82) is 0 Å². The number of rotatable bonds is 49. The molecule has 64 heavy (non-hydrogen) atoms. The van der Waals surface area contributed by atoms with E-state index in [9.17, 15) is 19.8 Å². The summed E-state index contributed by atoms with van der Waals surface area (Å²) in [6.07, 6.45) is 64.2. The molecule has 0 rings (SSSR count). The number of aliphatic hydroxyl groups excluding tert-OH is 2. The second-order valence-electron chi connectivity index (χ2n) is 18.7. The first kappa shape index (κ1) is 61.6. The first-order valence-corrected chi connectivity index (χ1v) is 27.6. The first-order valence-electron chi connectivity index (χ1n) is 27.6. The van der Waals surface area contributed by atoms with Crippen LogP contribution in [0.2, 0.25) is 0 Å². The minimum Gasteiger partial charge on any atom is -0.462 e. The number of nitrogens with one attached hydrogen (secondary N) is 1. The molecule has 3 N–H and O–H groups in total. The summed E-state index contributed by atoms with van der Waals surface area (Å²) in [4.78, 5) is 26.2. The lowest BCUT2D eigenvalue weighted by Crippen LogP contribution is -2.46. The van der Waals surface area contributed by atoms with Gasteiger partial charge in [-0.2, -0.15) is 0 Å². The van der Waals surface area contributed by atoms with Gasteiger partial charge in [0.25, 0.3) is 0 Å². The molecule has 0 spiro atoms. The number of hydrogen-bond donors (Lipinski definition) is 3. The number of carbonyl (C=O) groups is 2. The summed E-state index contributed by atoms with van der Waals surface area (Å²) < 4.78 is 5.93. The van der Waals surface area contributed by atoms with Gasteiger partial charge in [-0.15, -0.1) is 0 Å². The van der Waals surface area contributed by atoms with Crippen LogP contribution in [-0.4, -0.2) is 46.9 Å². The molecule has 0 aliphatic rings. The first-order chi connectivity index (χ1) is 31.5. The van der Waals surface area contributed by atoms with E-state index in [1.54, 1.807) is 0 Å². The highest BCUT2D eigenvalue weighted by molar-refractivity contribution is 5.77. The summed E-state index contributed by atoms with van der Waals surface area (Å²) in [6, 6.07) is -0.711. The highest BCUT2D eigenvalue weighted by atomic mass is 16.5. The normalized spacial score (nSPS) is 13.6. The van der Waals surface area contributed by atoms with Gasteiger partial charge in [0.1, 0.15) is 6.10 Å². The van der Waals surface area contributed by atoms with Crippen molar-refractivity contribution in [2.45, 2.75) is 289 Å². The molecular weight excluding hydrogens is 791 g/mol. The van der Waals surface area contributed by atoms with Crippen LogP contribution >= 0.6 is 0 Å². The van der Waals surface area contributed by atoms with E-state index in [4.69, 9.17) is 4.74 Å². The maximum Gasteiger partial charge on any atom is 0.306 e. The Bertz CT molecular complexity index is 1140. The zero-order valence-corrected chi connectivity index (χ0v) is 42.4. The second kappa shape index (κ2) is 51.5. The molecule has 1 amide bonds. The van der Waals surface area contributed by atoms with Crippen molar-refractivity contribution >= 4 is 11.9 Å². The summed E-state index contributed by atoms with van der Waals surface area (Å²) in [5.41, 5.74) is 0. The molecule has 372 valence electrons. The SMILES string of the molecule is CC/C=C/C=C/C=C\C=C/C=C/CCCCCC(=O)OC(CCCCCCCCCCCCCCC)CC(=O)NC(CO)C(O)CCCCCCCCCCCCCCCCCCC. The smallest absolute Gasteiger partial charge is 0.306 e. The van der Waals surface area contributed by atoms with Gasteiger partial charge in [0, 0.05) is 6.42 Å². The number of allylic oxidation sites excluding steroid dienone is 10. The third-order valence-corrected chi connectivity index (χ3v) is 12.5. The summed E-state index contributed by atoms with van der Waals surface area (Å²) in [7, 11) is 0. The molecule has 0 aromatic rings. The molecule has 6 nitrogen and oxygen atoms in total. The minimum atomic E-state index is -0.796. The van der Waals surface area contributed by atoms with Crippen molar-refractivity contribution in [1.82, 2.24) is 5.32 Å². The van der Waals surface area contributed by atoms with E-state index in [2.05, 4.69) is 50.4 Å². The second-order valence-corrected chi connectivity index (χ2v) is 18.7. The number of amides is 1. The molecule has 0 bridgehead atoms. The third kappa shape index (κ3) is 46.1. The summed E-state index contributed by atoms with van der Waals surface area (Å²) in [5, 5.41) is 23.9. The molecule has 0 aliphatic heterocycles. The molecule has 0 heterocycles. The Morgan fingerprint density at radius 3 is 1.27 bits per heavy atom. The average Bonchev–Trinajstić information content (AvgIpc) is 3.29. The highest BCUT2D eigenvalue weighted by Crippen LogP contribution is 2.18. The van der Waals surface area contributed by atoms with E-state index in [0.717, 1.165) is 70.6 Å². The van der Waals surface area contributed by atoms with E-state index in [0.29, 0.717) is 19.3 Å². The number of carbonyl (C=O) groups excluding carboxylic acids is 2. The predicted octanol–water partition coefficient (Wildman–Crippen LogP) is 16.8. The third-order valence-electron chi connectivity index (χ3n) is 12.5. The molecule has 0 fully saturated rings. The van der Waals surface area contributed by atoms with E-state index in [-0.39, 0.29) is 24.9 Å². The van der Waals surface area contributed by atoms with Crippen LogP contribution in [0.5, 0.6) is 0 Å². The van der Waals surface area contributed by atoms with Gasteiger partial charge in [0.2, 0.25) is 5.91 Å². The Hall–Kier alpha value is -2.44. The Balaban J connectivity index is 4.57. The Labute approximate surface area is 397 Å². The topological polar surface area (TPSA) is 95.9 Å². The van der Waals surface area contributed by atoms with E-state index >= 15 is 0 Å². The van der Waals surface area contributed by atoms with Crippen molar-refractivity contribution in [3.8, 4) is 0 Å². The average molecular weight is 896 g/mol. The van der Waals surface area contributed by atoms with Crippen LogP contribution in [0.4, 0.5) is 0 Å². The molecule has 3 unspecified atom stereocenters. The van der Waals surface area contributed by atoms with Crippen LogP contribution in [0, 0.1) is 0 Å². The van der Waals surface area contributed by atoms with Crippen LogP contribution < -0.4 is 5.32 Å². The fourth-order valence-corrected chi connectivity index (χ4v) is 8.34. The maximum atomic E-state index is 13.2. The number of hydrogen-bond acceptors (Lipinski definition) is 5. The van der Waals surface area contributed by atoms with Crippen molar-refractivity contribution in [2.75, 3.05) is 6.61 Å². The fourth-order valence-electron chi connectivity index (χ4n) is 8.34. The van der Waals surface area contributed by atoms with Gasteiger partial charge in [-0.1, -0.05) is 274 Å². The number of aliphatic hydroxyl groups is 2. The molecular formula is C58H105NO5. The van der Waals surface area contributed by atoms with Gasteiger partial charge < -0.3 is 20.3 Å². The Kier molecular flexibility index (Phi) is 49.6. The largest absolute Gasteiger partial charge is 0.462 e. The van der Waals surface area contributed by atoms with Crippen molar-refractivity contribution in [3.63, 3.8) is 0 Å². The number of esters is 1. The van der Waals surface area contributed by atoms with Gasteiger partial charge in [-0.05, 0) is 44.9 Å². The van der Waals surface area contributed by atoms with Gasteiger partial charge in [-0.3, -0.25) is 9.59 Å². The summed E-state index contributed by atoms with van der Waals surface area (Å²) in [6.45, 7) is 6.35. The molecule has 0 aliphatic carbocycles. The van der Waals surface area contributed by atoms with E-state index in [1.165, 1.54) is 154 Å². The van der Waals surface area contributed by atoms with Gasteiger partial charge >= 0.3 is 5.97 Å². The lowest BCUT2D eigenvalue weighted by Gasteiger charge is -2.24. The van der Waals surface area contributed by atoms with Crippen molar-refractivity contribution in [3.05, 3.63) is 60.8 Å². The lowest BCUT2D eigenvalue weighted by atomic mass is 10.0. The number of unbranched alkanes of at least 4 members (excludes halogenated alkanes) is 31. The van der Waals surface area contributed by atoms with Crippen molar-refractivity contribution in [2.24, 2.45) is 0 Å². The standard InChI is InChI=1S/C58H105NO5/c1-4-7-10-13-16-19-22-25-27-28-30-32-35-38-41-44-47-50-56(61)55(53-60)59-57(62)52-54(49-46-43-40-37-34-31-24-21-18-15-12-9-6-3)64-58(63)51-48-45-42-39-36-33-29-26-23-20-17-14-11-8-5-2/h8,11,14,17,20,23,26,29,33,36,54-56,60-61H,4-7,9-10,12-13,15-16,18-19,21-22,24-25,27-28,30-32,34-35,37-53H2,1-3H3,(H,59,62)/b11-8+,17-14+,23-20-,29-26-,36-33+. The zero-order valence-electron chi connectivity index (χ0n) is 42.4. The van der Waals surface area contributed by atoms with Gasteiger partial charge in [0.05, 0.1) is 25.2 Å². The zero-order chi connectivity index (χ0) is 46.7. The highest BCUT2D eigenvalue weighted by Gasteiger charge is 2.24. The molecule has 3 atom stereocenters. The monoisotopic (exact) mass is 896 g/mol. The van der Waals surface area contributed by atoms with Crippen LogP contribution in [-0.2, 0) is 14.3 Å². The van der Waals surface area contributed by atoms with Crippen LogP contribution in [0.15, 0.2) is 60.8 Å². The van der Waals surface area contributed by atoms with Crippen molar-refractivity contribution < 1.29 is 24.5 Å². The molecule has 0 aromatic carbocycles. The molecule has 6 heteroatoms. The number of ether oxygens (including phenoxy) is 1. The van der Waals surface area contributed by atoms with Gasteiger partial charge in [-0.25, -0.2) is 0 Å². The van der Waals surface area contributed by atoms with E-state index < -0.39 is 18.2 Å². The molecule has 0 aromatic heterocycles. The summed E-state index contributed by atoms with van der Waals surface area (Å²) in [5.74, 6) is -0.514.